The normalized spacial score (nSPS) is 31.3. The maximum absolute atomic E-state index is 11.8. The highest BCUT2D eigenvalue weighted by atomic mass is 35.5. The molecule has 100 valence electrons. The summed E-state index contributed by atoms with van der Waals surface area (Å²) >= 11 is 5.93. The molecule has 6 heteroatoms. The Morgan fingerprint density at radius 3 is 2.67 bits per heavy atom. The van der Waals surface area contributed by atoms with Gasteiger partial charge in [-0.15, -0.1) is 0 Å². The molecule has 1 aromatic carbocycles. The monoisotopic (exact) mass is 289 g/mol. The standard InChI is InChI=1S/C12H16ClNO3S/c1-17-7-12(14)10(11(12)18(2,15)16)8-4-3-5-9(13)6-8/h3-6,10-11H,7,14H2,1-2H3/t10-,11+,12+/m1/s1. The Balaban J connectivity index is 2.39. The zero-order chi connectivity index (χ0) is 13.6. The fourth-order valence-electron chi connectivity index (χ4n) is 2.68. The van der Waals surface area contributed by atoms with E-state index >= 15 is 0 Å². The SMILES string of the molecule is COC[C@]1(N)[C@H](c2cccc(Cl)c2)[C@@H]1S(C)(=O)=O. The average Bonchev–Trinajstić information content (AvgIpc) is 2.85. The summed E-state index contributed by atoms with van der Waals surface area (Å²) in [5, 5.41) is -0.0326. The number of rotatable bonds is 4. The van der Waals surface area contributed by atoms with Crippen LogP contribution in [0, 0.1) is 0 Å². The number of halogens is 1. The van der Waals surface area contributed by atoms with Crippen molar-refractivity contribution in [2.24, 2.45) is 5.73 Å². The van der Waals surface area contributed by atoms with Crippen LogP contribution >= 0.6 is 11.6 Å². The summed E-state index contributed by atoms with van der Waals surface area (Å²) in [7, 11) is -1.70. The van der Waals surface area contributed by atoms with Gasteiger partial charge in [-0.3, -0.25) is 0 Å². The molecule has 0 aliphatic heterocycles. The van der Waals surface area contributed by atoms with Crippen molar-refractivity contribution in [3.8, 4) is 0 Å². The van der Waals surface area contributed by atoms with Gasteiger partial charge in [0.15, 0.2) is 9.84 Å². The third kappa shape index (κ3) is 2.28. The van der Waals surface area contributed by atoms with Crippen molar-refractivity contribution in [1.29, 1.82) is 0 Å². The molecule has 0 heterocycles. The Labute approximate surface area is 112 Å². The predicted molar refractivity (Wildman–Crippen MR) is 71.6 cm³/mol. The van der Waals surface area contributed by atoms with Gasteiger partial charge in [0.2, 0.25) is 0 Å². The first kappa shape index (κ1) is 13.8. The van der Waals surface area contributed by atoms with Crippen molar-refractivity contribution in [2.75, 3.05) is 20.0 Å². The second-order valence-electron chi connectivity index (χ2n) is 4.83. The van der Waals surface area contributed by atoms with Crippen molar-refractivity contribution in [2.45, 2.75) is 16.7 Å². The zero-order valence-electron chi connectivity index (χ0n) is 10.3. The van der Waals surface area contributed by atoms with Gasteiger partial charge in [-0.05, 0) is 17.7 Å². The molecular weight excluding hydrogens is 274 g/mol. The Kier molecular flexibility index (Phi) is 3.44. The van der Waals surface area contributed by atoms with Crippen LogP contribution in [0.2, 0.25) is 5.02 Å². The molecule has 1 fully saturated rings. The highest BCUT2D eigenvalue weighted by Gasteiger charge is 2.67. The molecule has 2 rings (SSSR count). The van der Waals surface area contributed by atoms with Crippen LogP contribution in [0.3, 0.4) is 0 Å². The van der Waals surface area contributed by atoms with Crippen LogP contribution in [0.25, 0.3) is 0 Å². The van der Waals surface area contributed by atoms with Crippen LogP contribution in [0.4, 0.5) is 0 Å². The molecule has 0 aromatic heterocycles. The van der Waals surface area contributed by atoms with Gasteiger partial charge in [0.05, 0.1) is 17.4 Å². The van der Waals surface area contributed by atoms with E-state index in [9.17, 15) is 8.42 Å². The van der Waals surface area contributed by atoms with E-state index in [0.717, 1.165) is 5.56 Å². The lowest BCUT2D eigenvalue weighted by atomic mass is 10.1. The van der Waals surface area contributed by atoms with E-state index < -0.39 is 20.6 Å². The molecule has 4 nitrogen and oxygen atoms in total. The molecule has 2 N–H and O–H groups in total. The minimum atomic E-state index is -3.22. The minimum absolute atomic E-state index is 0.210. The quantitative estimate of drug-likeness (QED) is 0.904. The maximum atomic E-state index is 11.8. The van der Waals surface area contributed by atoms with Crippen molar-refractivity contribution < 1.29 is 13.2 Å². The minimum Gasteiger partial charge on any atom is -0.383 e. The lowest BCUT2D eigenvalue weighted by Crippen LogP contribution is -2.35. The van der Waals surface area contributed by atoms with Gasteiger partial charge in [-0.1, -0.05) is 23.7 Å². The fraction of sp³-hybridized carbons (Fsp3) is 0.500. The summed E-state index contributed by atoms with van der Waals surface area (Å²) in [4.78, 5) is 0. The van der Waals surface area contributed by atoms with Crippen LogP contribution in [-0.4, -0.2) is 39.2 Å². The van der Waals surface area contributed by atoms with Crippen molar-refractivity contribution in [3.63, 3.8) is 0 Å². The van der Waals surface area contributed by atoms with Gasteiger partial charge in [0.1, 0.15) is 0 Å². The van der Waals surface area contributed by atoms with Gasteiger partial charge in [-0.2, -0.15) is 0 Å². The van der Waals surface area contributed by atoms with Gasteiger partial charge in [0, 0.05) is 24.3 Å². The molecule has 1 aliphatic carbocycles. The number of hydrogen-bond donors (Lipinski definition) is 1. The summed E-state index contributed by atoms with van der Waals surface area (Å²) in [6.07, 6.45) is 1.21. The van der Waals surface area contributed by atoms with Crippen LogP contribution in [-0.2, 0) is 14.6 Å². The maximum Gasteiger partial charge on any atom is 0.152 e. The zero-order valence-corrected chi connectivity index (χ0v) is 11.8. The molecule has 18 heavy (non-hydrogen) atoms. The lowest BCUT2D eigenvalue weighted by Gasteiger charge is -2.10. The number of benzene rings is 1. The number of sulfone groups is 1. The predicted octanol–water partition coefficient (Wildman–Crippen LogP) is 1.19. The van der Waals surface area contributed by atoms with Crippen molar-refractivity contribution in [1.82, 2.24) is 0 Å². The lowest BCUT2D eigenvalue weighted by molar-refractivity contribution is 0.171. The Morgan fingerprint density at radius 1 is 1.50 bits per heavy atom. The molecular formula is C12H16ClNO3S. The number of hydrogen-bond acceptors (Lipinski definition) is 4. The molecule has 0 unspecified atom stereocenters. The van der Waals surface area contributed by atoms with E-state index in [0.29, 0.717) is 5.02 Å². The van der Waals surface area contributed by atoms with E-state index in [1.807, 2.05) is 6.07 Å². The molecule has 0 radical (unpaired) electrons. The van der Waals surface area contributed by atoms with E-state index in [1.54, 1.807) is 18.2 Å². The Morgan fingerprint density at radius 2 is 2.17 bits per heavy atom. The van der Waals surface area contributed by atoms with E-state index in [2.05, 4.69) is 0 Å². The highest BCUT2D eigenvalue weighted by Crippen LogP contribution is 2.54. The molecule has 0 saturated heterocycles. The third-order valence-electron chi connectivity index (χ3n) is 3.37. The largest absolute Gasteiger partial charge is 0.383 e. The molecule has 1 aromatic rings. The molecule has 1 aliphatic rings. The molecule has 0 amide bonds. The van der Waals surface area contributed by atoms with Crippen molar-refractivity contribution in [3.05, 3.63) is 34.9 Å². The summed E-state index contributed by atoms with van der Waals surface area (Å²) < 4.78 is 28.6. The summed E-state index contributed by atoms with van der Waals surface area (Å²) in [6.45, 7) is 0.210. The molecule has 0 spiro atoms. The van der Waals surface area contributed by atoms with Crippen molar-refractivity contribution >= 4 is 21.4 Å². The fourth-order valence-corrected chi connectivity index (χ4v) is 4.71. The summed E-state index contributed by atoms with van der Waals surface area (Å²) in [5.74, 6) is -0.258. The number of ether oxygens (including phenoxy) is 1. The first-order valence-electron chi connectivity index (χ1n) is 5.53. The van der Waals surface area contributed by atoms with Gasteiger partial charge in [0.25, 0.3) is 0 Å². The first-order chi connectivity index (χ1) is 8.30. The number of methoxy groups -OCH3 is 1. The van der Waals surface area contributed by atoms with Crippen LogP contribution < -0.4 is 5.73 Å². The second kappa shape index (κ2) is 4.49. The van der Waals surface area contributed by atoms with E-state index in [-0.39, 0.29) is 12.5 Å². The summed E-state index contributed by atoms with van der Waals surface area (Å²) in [6, 6.07) is 7.15. The van der Waals surface area contributed by atoms with Gasteiger partial charge >= 0.3 is 0 Å². The Bertz CT molecular complexity index is 560. The second-order valence-corrected chi connectivity index (χ2v) is 7.43. The van der Waals surface area contributed by atoms with E-state index in [4.69, 9.17) is 22.1 Å². The first-order valence-corrected chi connectivity index (χ1v) is 7.86. The van der Waals surface area contributed by atoms with E-state index in [1.165, 1.54) is 13.4 Å². The molecule has 1 saturated carbocycles. The number of nitrogens with two attached hydrogens (primary N) is 1. The molecule has 0 bridgehead atoms. The Hall–Kier alpha value is -0.620. The van der Waals surface area contributed by atoms with Crippen LogP contribution in [0.15, 0.2) is 24.3 Å². The average molecular weight is 290 g/mol. The van der Waals surface area contributed by atoms with Crippen LogP contribution in [0.1, 0.15) is 11.5 Å². The van der Waals surface area contributed by atoms with Gasteiger partial charge < -0.3 is 10.5 Å². The molecule has 3 atom stereocenters. The highest BCUT2D eigenvalue weighted by molar-refractivity contribution is 7.91. The summed E-state index contributed by atoms with van der Waals surface area (Å²) in [5.41, 5.74) is 6.16. The van der Waals surface area contributed by atoms with Gasteiger partial charge in [-0.25, -0.2) is 8.42 Å². The third-order valence-corrected chi connectivity index (χ3v) is 5.23. The topological polar surface area (TPSA) is 69.4 Å². The smallest absolute Gasteiger partial charge is 0.152 e. The van der Waals surface area contributed by atoms with Crippen LogP contribution in [0.5, 0.6) is 0 Å².